The Morgan fingerprint density at radius 2 is 1.81 bits per heavy atom. The predicted molar refractivity (Wildman–Crippen MR) is 90.2 cm³/mol. The monoisotopic (exact) mass is 280 g/mol. The Labute approximate surface area is 127 Å². The number of benzene rings is 2. The van der Waals surface area contributed by atoms with E-state index in [4.69, 9.17) is 0 Å². The maximum absolute atomic E-state index is 3.59. The lowest BCUT2D eigenvalue weighted by Gasteiger charge is -2.24. The fourth-order valence-corrected chi connectivity index (χ4v) is 2.71. The fourth-order valence-electron chi connectivity index (χ4n) is 2.71. The largest absolute Gasteiger partial charge is 0.342 e. The highest BCUT2D eigenvalue weighted by molar-refractivity contribution is 5.64. The average molecular weight is 280 g/mol. The molecule has 2 nitrogen and oxygen atoms in total. The van der Waals surface area contributed by atoms with Gasteiger partial charge in [-0.1, -0.05) is 24.3 Å². The molecule has 110 valence electrons. The minimum absolute atomic E-state index is 0.764. The van der Waals surface area contributed by atoms with E-state index in [0.29, 0.717) is 0 Å². The van der Waals surface area contributed by atoms with Crippen LogP contribution in [0.15, 0.2) is 48.5 Å². The van der Waals surface area contributed by atoms with Gasteiger partial charge < -0.3 is 10.2 Å². The summed E-state index contributed by atoms with van der Waals surface area (Å²) in [5, 5.41) is 3.59. The molecule has 21 heavy (non-hydrogen) atoms. The molecule has 0 amide bonds. The molecule has 0 aromatic heterocycles. The first-order valence-electron chi connectivity index (χ1n) is 7.93. The standard InChI is InChI=1S/C19H24N2/c1-3-21(18-7-5-4-6-8-18)19-12-9-16(15(2)13-19)14-20-17-10-11-17/h4-9,12-13,17,20H,3,10-11,14H2,1-2H3. The quantitative estimate of drug-likeness (QED) is 0.843. The van der Waals surface area contributed by atoms with Gasteiger partial charge in [-0.05, 0) is 62.1 Å². The maximum Gasteiger partial charge on any atom is 0.0413 e. The van der Waals surface area contributed by atoms with Crippen molar-refractivity contribution in [3.8, 4) is 0 Å². The number of nitrogens with one attached hydrogen (secondary N) is 1. The smallest absolute Gasteiger partial charge is 0.0413 e. The van der Waals surface area contributed by atoms with E-state index in [2.05, 4.69) is 72.6 Å². The molecule has 0 atom stereocenters. The van der Waals surface area contributed by atoms with E-state index in [-0.39, 0.29) is 0 Å². The Hall–Kier alpha value is -1.80. The average Bonchev–Trinajstić information content (AvgIpc) is 3.32. The number of nitrogens with zero attached hydrogens (tertiary/aromatic N) is 1. The lowest BCUT2D eigenvalue weighted by atomic mass is 10.1. The second kappa shape index (κ2) is 6.31. The second-order valence-corrected chi connectivity index (χ2v) is 5.85. The summed E-state index contributed by atoms with van der Waals surface area (Å²) in [6.45, 7) is 6.38. The van der Waals surface area contributed by atoms with Gasteiger partial charge in [-0.2, -0.15) is 0 Å². The first-order valence-corrected chi connectivity index (χ1v) is 7.93. The van der Waals surface area contributed by atoms with Crippen LogP contribution >= 0.6 is 0 Å². The Morgan fingerprint density at radius 1 is 1.05 bits per heavy atom. The van der Waals surface area contributed by atoms with Crippen LogP contribution in [-0.2, 0) is 6.54 Å². The number of hydrogen-bond acceptors (Lipinski definition) is 2. The van der Waals surface area contributed by atoms with Gasteiger partial charge in [0, 0.05) is 30.5 Å². The van der Waals surface area contributed by atoms with Gasteiger partial charge in [0.15, 0.2) is 0 Å². The SMILES string of the molecule is CCN(c1ccccc1)c1ccc(CNC2CC2)c(C)c1. The van der Waals surface area contributed by atoms with E-state index in [1.165, 1.54) is 35.3 Å². The van der Waals surface area contributed by atoms with Crippen molar-refractivity contribution in [1.29, 1.82) is 0 Å². The minimum Gasteiger partial charge on any atom is -0.342 e. The first-order chi connectivity index (χ1) is 10.3. The molecular formula is C19H24N2. The molecule has 0 saturated heterocycles. The van der Waals surface area contributed by atoms with E-state index in [0.717, 1.165) is 19.1 Å². The van der Waals surface area contributed by atoms with Crippen molar-refractivity contribution in [1.82, 2.24) is 5.32 Å². The van der Waals surface area contributed by atoms with Gasteiger partial charge in [0.1, 0.15) is 0 Å². The first kappa shape index (κ1) is 14.2. The number of hydrogen-bond donors (Lipinski definition) is 1. The van der Waals surface area contributed by atoms with E-state index in [9.17, 15) is 0 Å². The third-order valence-corrected chi connectivity index (χ3v) is 4.18. The van der Waals surface area contributed by atoms with Crippen LogP contribution in [-0.4, -0.2) is 12.6 Å². The van der Waals surface area contributed by atoms with Crippen molar-refractivity contribution in [3.05, 3.63) is 59.7 Å². The molecule has 3 rings (SSSR count). The zero-order chi connectivity index (χ0) is 14.7. The van der Waals surface area contributed by atoms with E-state index < -0.39 is 0 Å². The van der Waals surface area contributed by atoms with Crippen molar-refractivity contribution in [2.45, 2.75) is 39.3 Å². The van der Waals surface area contributed by atoms with Crippen LogP contribution in [0.25, 0.3) is 0 Å². The fraction of sp³-hybridized carbons (Fsp3) is 0.368. The Kier molecular flexibility index (Phi) is 4.26. The number of aryl methyl sites for hydroxylation is 1. The van der Waals surface area contributed by atoms with Gasteiger partial charge >= 0.3 is 0 Å². The van der Waals surface area contributed by atoms with E-state index in [1.807, 2.05) is 0 Å². The highest BCUT2D eigenvalue weighted by Crippen LogP contribution is 2.27. The lowest BCUT2D eigenvalue weighted by Crippen LogP contribution is -2.18. The number of rotatable bonds is 6. The summed E-state index contributed by atoms with van der Waals surface area (Å²) in [5.41, 5.74) is 5.31. The Bertz CT molecular complexity index is 588. The zero-order valence-electron chi connectivity index (χ0n) is 13.0. The van der Waals surface area contributed by atoms with Crippen LogP contribution in [0.4, 0.5) is 11.4 Å². The minimum atomic E-state index is 0.764. The van der Waals surface area contributed by atoms with Crippen LogP contribution in [0.3, 0.4) is 0 Å². The van der Waals surface area contributed by atoms with Crippen LogP contribution in [0.2, 0.25) is 0 Å². The molecule has 1 saturated carbocycles. The molecule has 0 aliphatic heterocycles. The molecule has 0 bridgehead atoms. The molecule has 0 unspecified atom stereocenters. The number of anilines is 2. The van der Waals surface area contributed by atoms with Crippen LogP contribution in [0, 0.1) is 6.92 Å². The van der Waals surface area contributed by atoms with Crippen molar-refractivity contribution in [2.75, 3.05) is 11.4 Å². The molecule has 0 heterocycles. The third kappa shape index (κ3) is 3.45. The molecular weight excluding hydrogens is 256 g/mol. The summed E-state index contributed by atoms with van der Waals surface area (Å²) >= 11 is 0. The summed E-state index contributed by atoms with van der Waals surface area (Å²) in [6, 6.07) is 18.2. The molecule has 1 aliphatic carbocycles. The molecule has 2 heteroatoms. The van der Waals surface area contributed by atoms with Gasteiger partial charge in [0.05, 0.1) is 0 Å². The molecule has 1 aliphatic rings. The highest BCUT2D eigenvalue weighted by Gasteiger charge is 2.20. The molecule has 1 N–H and O–H groups in total. The molecule has 0 radical (unpaired) electrons. The highest BCUT2D eigenvalue weighted by atomic mass is 15.1. The summed E-state index contributed by atoms with van der Waals surface area (Å²) in [7, 11) is 0. The van der Waals surface area contributed by atoms with Gasteiger partial charge in [0.2, 0.25) is 0 Å². The van der Waals surface area contributed by atoms with Crippen LogP contribution in [0.5, 0.6) is 0 Å². The topological polar surface area (TPSA) is 15.3 Å². The predicted octanol–water partition coefficient (Wildman–Crippen LogP) is 4.41. The Morgan fingerprint density at radius 3 is 2.43 bits per heavy atom. The summed E-state index contributed by atoms with van der Waals surface area (Å²) < 4.78 is 0. The lowest BCUT2D eigenvalue weighted by molar-refractivity contribution is 0.685. The molecule has 1 fully saturated rings. The van der Waals surface area contributed by atoms with Crippen molar-refractivity contribution in [3.63, 3.8) is 0 Å². The van der Waals surface area contributed by atoms with E-state index in [1.54, 1.807) is 0 Å². The van der Waals surface area contributed by atoms with Crippen molar-refractivity contribution >= 4 is 11.4 Å². The molecule has 2 aromatic carbocycles. The van der Waals surface area contributed by atoms with Crippen LogP contribution in [0.1, 0.15) is 30.9 Å². The second-order valence-electron chi connectivity index (χ2n) is 5.85. The maximum atomic E-state index is 3.59. The van der Waals surface area contributed by atoms with Gasteiger partial charge in [-0.3, -0.25) is 0 Å². The molecule has 0 spiro atoms. The van der Waals surface area contributed by atoms with Gasteiger partial charge in [-0.25, -0.2) is 0 Å². The Balaban J connectivity index is 1.79. The summed E-state index contributed by atoms with van der Waals surface area (Å²) in [5.74, 6) is 0. The molecule has 2 aromatic rings. The third-order valence-electron chi connectivity index (χ3n) is 4.18. The normalized spacial score (nSPS) is 14.2. The van der Waals surface area contributed by atoms with Crippen molar-refractivity contribution < 1.29 is 0 Å². The summed E-state index contributed by atoms with van der Waals surface area (Å²) in [6.07, 6.45) is 2.68. The number of para-hydroxylation sites is 1. The zero-order valence-corrected chi connectivity index (χ0v) is 13.0. The van der Waals surface area contributed by atoms with E-state index >= 15 is 0 Å². The van der Waals surface area contributed by atoms with Crippen LogP contribution < -0.4 is 10.2 Å². The van der Waals surface area contributed by atoms with Gasteiger partial charge in [0.25, 0.3) is 0 Å². The van der Waals surface area contributed by atoms with Crippen molar-refractivity contribution in [2.24, 2.45) is 0 Å². The summed E-state index contributed by atoms with van der Waals surface area (Å²) in [4.78, 5) is 2.35. The van der Waals surface area contributed by atoms with Gasteiger partial charge in [-0.15, -0.1) is 0 Å².